The van der Waals surface area contributed by atoms with E-state index in [1.165, 1.54) is 0 Å². The van der Waals surface area contributed by atoms with Crippen LogP contribution < -0.4 is 15.8 Å². The second-order valence-corrected chi connectivity index (χ2v) is 5.57. The van der Waals surface area contributed by atoms with E-state index in [4.69, 9.17) is 10.5 Å². The van der Waals surface area contributed by atoms with Gasteiger partial charge in [-0.3, -0.25) is 4.79 Å². The molecule has 0 aliphatic heterocycles. The van der Waals surface area contributed by atoms with Crippen molar-refractivity contribution in [2.24, 2.45) is 11.7 Å². The van der Waals surface area contributed by atoms with Gasteiger partial charge < -0.3 is 15.8 Å². The summed E-state index contributed by atoms with van der Waals surface area (Å²) in [6, 6.07) is 5.25. The first-order valence-electron chi connectivity index (χ1n) is 7.24. The van der Waals surface area contributed by atoms with Gasteiger partial charge in [-0.05, 0) is 43.4 Å². The molecule has 3 N–H and O–H groups in total. The molecule has 1 amide bonds. The molecule has 1 atom stereocenters. The summed E-state index contributed by atoms with van der Waals surface area (Å²) >= 11 is 0. The number of nitrogens with two attached hydrogens (primary N) is 1. The largest absolute Gasteiger partial charge is 0.491 e. The minimum Gasteiger partial charge on any atom is -0.491 e. The molecule has 0 saturated carbocycles. The number of carbonyl (C=O) groups excluding carboxylic acids is 1. The molecule has 4 nitrogen and oxygen atoms in total. The summed E-state index contributed by atoms with van der Waals surface area (Å²) in [5, 5.41) is 2.86. The van der Waals surface area contributed by atoms with E-state index in [-0.39, 0.29) is 5.91 Å². The van der Waals surface area contributed by atoms with E-state index in [1.807, 2.05) is 32.0 Å². The lowest BCUT2D eigenvalue weighted by Gasteiger charge is -2.17. The van der Waals surface area contributed by atoms with E-state index in [0.717, 1.165) is 12.0 Å². The van der Waals surface area contributed by atoms with Crippen molar-refractivity contribution >= 4 is 11.6 Å². The molecule has 20 heavy (non-hydrogen) atoms. The van der Waals surface area contributed by atoms with E-state index in [1.54, 1.807) is 0 Å². The van der Waals surface area contributed by atoms with Crippen molar-refractivity contribution in [2.75, 3.05) is 11.9 Å². The van der Waals surface area contributed by atoms with Crippen molar-refractivity contribution in [1.82, 2.24) is 0 Å². The first kappa shape index (κ1) is 16.5. The number of aryl methyl sites for hydroxylation is 1. The van der Waals surface area contributed by atoms with Crippen LogP contribution in [0, 0.1) is 12.8 Å². The van der Waals surface area contributed by atoms with Crippen molar-refractivity contribution in [1.29, 1.82) is 0 Å². The highest BCUT2D eigenvalue weighted by Gasteiger charge is 2.16. The van der Waals surface area contributed by atoms with Crippen LogP contribution in [-0.4, -0.2) is 18.6 Å². The highest BCUT2D eigenvalue weighted by molar-refractivity contribution is 5.95. The number of rotatable bonds is 7. The molecule has 1 unspecified atom stereocenters. The third-order valence-corrected chi connectivity index (χ3v) is 2.92. The Morgan fingerprint density at radius 1 is 1.40 bits per heavy atom. The average molecular weight is 278 g/mol. The summed E-state index contributed by atoms with van der Waals surface area (Å²) in [5.74, 6) is 0.936. The maximum Gasteiger partial charge on any atom is 0.241 e. The Morgan fingerprint density at radius 3 is 2.70 bits per heavy atom. The Labute approximate surface area is 121 Å². The zero-order valence-electron chi connectivity index (χ0n) is 12.9. The molecule has 0 fully saturated rings. The standard InChI is InChI=1S/C16H26N2O2/c1-5-8-20-15-10-12(4)6-7-14(15)18-16(19)13(17)9-11(2)3/h6-7,10-11,13H,5,8-9,17H2,1-4H3,(H,18,19). The fourth-order valence-electron chi connectivity index (χ4n) is 1.90. The normalized spacial score (nSPS) is 12.3. The number of ether oxygens (including phenoxy) is 1. The van der Waals surface area contributed by atoms with Crippen molar-refractivity contribution in [3.8, 4) is 5.75 Å². The second kappa shape index (κ2) is 7.90. The van der Waals surface area contributed by atoms with Gasteiger partial charge in [0, 0.05) is 0 Å². The number of nitrogens with one attached hydrogen (secondary N) is 1. The Balaban J connectivity index is 2.77. The molecule has 0 aromatic heterocycles. The first-order valence-corrected chi connectivity index (χ1v) is 7.24. The second-order valence-electron chi connectivity index (χ2n) is 5.57. The van der Waals surface area contributed by atoms with Crippen LogP contribution in [0.2, 0.25) is 0 Å². The van der Waals surface area contributed by atoms with Gasteiger partial charge in [0.15, 0.2) is 0 Å². The van der Waals surface area contributed by atoms with Crippen molar-refractivity contribution in [3.63, 3.8) is 0 Å². The molecule has 4 heteroatoms. The fraction of sp³-hybridized carbons (Fsp3) is 0.562. The topological polar surface area (TPSA) is 64.3 Å². The molecular weight excluding hydrogens is 252 g/mol. The Kier molecular flexibility index (Phi) is 6.52. The number of hydrogen-bond acceptors (Lipinski definition) is 3. The van der Waals surface area contributed by atoms with Gasteiger partial charge in [-0.1, -0.05) is 26.8 Å². The molecule has 1 aromatic rings. The van der Waals surface area contributed by atoms with Crippen molar-refractivity contribution < 1.29 is 9.53 Å². The maximum absolute atomic E-state index is 12.1. The summed E-state index contributed by atoms with van der Waals surface area (Å²) in [6.45, 7) is 8.77. The highest BCUT2D eigenvalue weighted by atomic mass is 16.5. The molecule has 1 aromatic carbocycles. The average Bonchev–Trinajstić information content (AvgIpc) is 2.38. The predicted molar refractivity (Wildman–Crippen MR) is 83.0 cm³/mol. The number of amides is 1. The van der Waals surface area contributed by atoms with Crippen LogP contribution in [0.25, 0.3) is 0 Å². The molecule has 0 spiro atoms. The monoisotopic (exact) mass is 278 g/mol. The lowest BCUT2D eigenvalue weighted by molar-refractivity contribution is -0.117. The first-order chi connectivity index (χ1) is 9.43. The van der Waals surface area contributed by atoms with Crippen LogP contribution in [0.5, 0.6) is 5.75 Å². The number of hydrogen-bond donors (Lipinski definition) is 2. The molecular formula is C16H26N2O2. The number of benzene rings is 1. The lowest BCUT2D eigenvalue weighted by Crippen LogP contribution is -2.36. The molecule has 0 bridgehead atoms. The van der Waals surface area contributed by atoms with Gasteiger partial charge in [0.05, 0.1) is 18.3 Å². The lowest BCUT2D eigenvalue weighted by atomic mass is 10.0. The third-order valence-electron chi connectivity index (χ3n) is 2.92. The van der Waals surface area contributed by atoms with E-state index in [0.29, 0.717) is 30.4 Å². The van der Waals surface area contributed by atoms with E-state index >= 15 is 0 Å². The van der Waals surface area contributed by atoms with Crippen LogP contribution >= 0.6 is 0 Å². The van der Waals surface area contributed by atoms with Crippen LogP contribution in [0.15, 0.2) is 18.2 Å². The Hall–Kier alpha value is -1.55. The Bertz CT molecular complexity index is 444. The molecule has 0 heterocycles. The zero-order valence-corrected chi connectivity index (χ0v) is 12.9. The molecule has 0 aliphatic carbocycles. The predicted octanol–water partition coefficient (Wildman–Crippen LogP) is 3.10. The zero-order chi connectivity index (χ0) is 15.1. The third kappa shape index (κ3) is 5.21. The Morgan fingerprint density at radius 2 is 2.10 bits per heavy atom. The van der Waals surface area contributed by atoms with Gasteiger partial charge in [0.25, 0.3) is 0 Å². The van der Waals surface area contributed by atoms with Gasteiger partial charge >= 0.3 is 0 Å². The summed E-state index contributed by atoms with van der Waals surface area (Å²) in [5.41, 5.74) is 7.68. The van der Waals surface area contributed by atoms with Crippen LogP contribution in [0.4, 0.5) is 5.69 Å². The fourth-order valence-corrected chi connectivity index (χ4v) is 1.90. The van der Waals surface area contributed by atoms with Crippen LogP contribution in [0.3, 0.4) is 0 Å². The maximum atomic E-state index is 12.1. The van der Waals surface area contributed by atoms with Crippen molar-refractivity contribution in [2.45, 2.75) is 46.6 Å². The van der Waals surface area contributed by atoms with E-state index in [2.05, 4.69) is 19.2 Å². The summed E-state index contributed by atoms with van der Waals surface area (Å²) in [6.07, 6.45) is 1.59. The molecule has 1 rings (SSSR count). The number of carbonyl (C=O) groups is 1. The minimum absolute atomic E-state index is 0.163. The van der Waals surface area contributed by atoms with E-state index in [9.17, 15) is 4.79 Å². The van der Waals surface area contributed by atoms with E-state index < -0.39 is 6.04 Å². The van der Waals surface area contributed by atoms with Gasteiger partial charge in [-0.2, -0.15) is 0 Å². The quantitative estimate of drug-likeness (QED) is 0.805. The van der Waals surface area contributed by atoms with Gasteiger partial charge in [-0.25, -0.2) is 0 Å². The van der Waals surface area contributed by atoms with Crippen LogP contribution in [-0.2, 0) is 4.79 Å². The summed E-state index contributed by atoms with van der Waals surface area (Å²) < 4.78 is 5.67. The smallest absolute Gasteiger partial charge is 0.241 e. The van der Waals surface area contributed by atoms with Crippen molar-refractivity contribution in [3.05, 3.63) is 23.8 Å². The van der Waals surface area contributed by atoms with Gasteiger partial charge in [-0.15, -0.1) is 0 Å². The highest BCUT2D eigenvalue weighted by Crippen LogP contribution is 2.26. The molecule has 0 radical (unpaired) electrons. The SMILES string of the molecule is CCCOc1cc(C)ccc1NC(=O)C(N)CC(C)C. The van der Waals surface area contributed by atoms with Crippen LogP contribution in [0.1, 0.15) is 39.2 Å². The minimum atomic E-state index is -0.490. The summed E-state index contributed by atoms with van der Waals surface area (Å²) in [7, 11) is 0. The molecule has 0 aliphatic rings. The van der Waals surface area contributed by atoms with Gasteiger partial charge in [0.2, 0.25) is 5.91 Å². The van der Waals surface area contributed by atoms with Gasteiger partial charge in [0.1, 0.15) is 5.75 Å². The number of anilines is 1. The summed E-state index contributed by atoms with van der Waals surface area (Å²) in [4.78, 5) is 12.1. The molecule has 0 saturated heterocycles. The molecule has 112 valence electrons.